The van der Waals surface area contributed by atoms with E-state index < -0.39 is 5.97 Å². The van der Waals surface area contributed by atoms with Crippen molar-refractivity contribution in [1.29, 1.82) is 0 Å². The van der Waals surface area contributed by atoms with Crippen molar-refractivity contribution >= 4 is 27.8 Å². The number of rotatable bonds is 6. The Morgan fingerprint density at radius 2 is 2.00 bits per heavy atom. The molecular formula is C14H15BrN4O3. The molecule has 0 radical (unpaired) electrons. The van der Waals surface area contributed by atoms with Gasteiger partial charge in [0, 0.05) is 18.1 Å². The molecule has 22 heavy (non-hydrogen) atoms. The van der Waals surface area contributed by atoms with Crippen molar-refractivity contribution in [1.82, 2.24) is 19.9 Å². The molecule has 1 aromatic carbocycles. The lowest BCUT2D eigenvalue weighted by Gasteiger charge is -2.17. The third-order valence-corrected chi connectivity index (χ3v) is 3.66. The second kappa shape index (κ2) is 7.17. The lowest BCUT2D eigenvalue weighted by molar-refractivity contribution is -0.130. The molecule has 0 aliphatic carbocycles. The summed E-state index contributed by atoms with van der Waals surface area (Å²) in [7, 11) is 1.70. The highest BCUT2D eigenvalue weighted by Gasteiger charge is 2.13. The third kappa shape index (κ3) is 4.39. The van der Waals surface area contributed by atoms with Crippen molar-refractivity contribution in [2.75, 3.05) is 13.6 Å². The Kier molecular flexibility index (Phi) is 5.26. The Bertz CT molecular complexity index is 669. The van der Waals surface area contributed by atoms with E-state index in [2.05, 4.69) is 26.2 Å². The predicted octanol–water partition coefficient (Wildman–Crippen LogP) is 1.44. The molecule has 2 rings (SSSR count). The van der Waals surface area contributed by atoms with Crippen LogP contribution in [0.5, 0.6) is 0 Å². The lowest BCUT2D eigenvalue weighted by atomic mass is 10.1. The van der Waals surface area contributed by atoms with Gasteiger partial charge in [-0.3, -0.25) is 4.79 Å². The van der Waals surface area contributed by atoms with Crippen LogP contribution in [0.4, 0.5) is 0 Å². The average molecular weight is 367 g/mol. The molecule has 1 amide bonds. The number of aromatic nitrogens is 3. The van der Waals surface area contributed by atoms with Crippen LogP contribution in [0, 0.1) is 0 Å². The van der Waals surface area contributed by atoms with Crippen molar-refractivity contribution < 1.29 is 14.7 Å². The largest absolute Gasteiger partial charge is 0.476 e. The van der Waals surface area contributed by atoms with E-state index in [1.165, 1.54) is 10.9 Å². The van der Waals surface area contributed by atoms with Gasteiger partial charge in [-0.05, 0) is 24.1 Å². The summed E-state index contributed by atoms with van der Waals surface area (Å²) in [6.45, 7) is 0.540. The van der Waals surface area contributed by atoms with Gasteiger partial charge in [-0.15, -0.1) is 5.10 Å². The van der Waals surface area contributed by atoms with Gasteiger partial charge >= 0.3 is 5.97 Å². The summed E-state index contributed by atoms with van der Waals surface area (Å²) in [5.41, 5.74) is 0.960. The van der Waals surface area contributed by atoms with Crippen LogP contribution >= 0.6 is 15.9 Å². The van der Waals surface area contributed by atoms with E-state index in [0.29, 0.717) is 6.54 Å². The molecule has 0 fully saturated rings. The number of likely N-dealkylation sites (N-methyl/N-ethyl adjacent to an activating group) is 1. The van der Waals surface area contributed by atoms with Gasteiger partial charge in [-0.1, -0.05) is 33.3 Å². The van der Waals surface area contributed by atoms with Crippen LogP contribution in [-0.4, -0.2) is 50.5 Å². The SMILES string of the molecule is CN(CCc1ccc(Br)cc1)C(=O)Cn1cc(C(=O)O)nn1. The van der Waals surface area contributed by atoms with Crippen molar-refractivity contribution in [2.45, 2.75) is 13.0 Å². The fourth-order valence-corrected chi connectivity index (χ4v) is 2.07. The Morgan fingerprint density at radius 1 is 1.32 bits per heavy atom. The highest BCUT2D eigenvalue weighted by molar-refractivity contribution is 9.10. The quantitative estimate of drug-likeness (QED) is 0.835. The molecule has 1 heterocycles. The van der Waals surface area contributed by atoms with E-state index in [9.17, 15) is 9.59 Å². The van der Waals surface area contributed by atoms with Gasteiger partial charge in [0.25, 0.3) is 0 Å². The van der Waals surface area contributed by atoms with Crippen LogP contribution in [-0.2, 0) is 17.8 Å². The minimum absolute atomic E-state index is 0.0306. The number of amides is 1. The summed E-state index contributed by atoms with van der Waals surface area (Å²) in [5.74, 6) is -1.32. The fourth-order valence-electron chi connectivity index (χ4n) is 1.81. The number of carboxylic acids is 1. The summed E-state index contributed by atoms with van der Waals surface area (Å²) in [6.07, 6.45) is 1.98. The summed E-state index contributed by atoms with van der Waals surface area (Å²) in [6, 6.07) is 7.91. The van der Waals surface area contributed by atoms with E-state index in [-0.39, 0.29) is 18.1 Å². The zero-order valence-electron chi connectivity index (χ0n) is 11.9. The van der Waals surface area contributed by atoms with Crippen molar-refractivity contribution in [3.63, 3.8) is 0 Å². The van der Waals surface area contributed by atoms with Crippen LogP contribution in [0.1, 0.15) is 16.1 Å². The van der Waals surface area contributed by atoms with Crippen molar-refractivity contribution in [3.8, 4) is 0 Å². The van der Waals surface area contributed by atoms with Gasteiger partial charge in [0.2, 0.25) is 5.91 Å². The minimum atomic E-state index is -1.16. The molecule has 7 nitrogen and oxygen atoms in total. The average Bonchev–Trinajstić information content (AvgIpc) is 2.95. The monoisotopic (exact) mass is 366 g/mol. The fraction of sp³-hybridized carbons (Fsp3) is 0.286. The van der Waals surface area contributed by atoms with E-state index >= 15 is 0 Å². The van der Waals surface area contributed by atoms with E-state index in [1.807, 2.05) is 24.3 Å². The highest BCUT2D eigenvalue weighted by Crippen LogP contribution is 2.11. The summed E-state index contributed by atoms with van der Waals surface area (Å²) >= 11 is 3.38. The van der Waals surface area contributed by atoms with Gasteiger partial charge in [-0.2, -0.15) is 0 Å². The van der Waals surface area contributed by atoms with Gasteiger partial charge in [0.15, 0.2) is 5.69 Å². The Labute approximate surface area is 135 Å². The molecule has 0 aliphatic heterocycles. The number of nitrogens with zero attached hydrogens (tertiary/aromatic N) is 4. The van der Waals surface area contributed by atoms with Gasteiger partial charge < -0.3 is 10.0 Å². The number of aromatic carboxylic acids is 1. The summed E-state index contributed by atoms with van der Waals surface area (Å²) in [4.78, 5) is 24.3. The number of carbonyl (C=O) groups excluding carboxylic acids is 1. The molecule has 1 aromatic heterocycles. The van der Waals surface area contributed by atoms with Gasteiger partial charge in [0.1, 0.15) is 6.54 Å². The third-order valence-electron chi connectivity index (χ3n) is 3.13. The maximum atomic E-state index is 12.0. The van der Waals surface area contributed by atoms with E-state index in [1.54, 1.807) is 11.9 Å². The van der Waals surface area contributed by atoms with Crippen LogP contribution in [0.2, 0.25) is 0 Å². The zero-order chi connectivity index (χ0) is 16.1. The molecule has 8 heteroatoms. The summed E-state index contributed by atoms with van der Waals surface area (Å²) in [5, 5.41) is 15.8. The molecule has 0 saturated carbocycles. The number of hydrogen-bond acceptors (Lipinski definition) is 4. The topological polar surface area (TPSA) is 88.3 Å². The predicted molar refractivity (Wildman–Crippen MR) is 82.5 cm³/mol. The normalized spacial score (nSPS) is 10.5. The molecule has 0 unspecified atom stereocenters. The Balaban J connectivity index is 1.86. The maximum absolute atomic E-state index is 12.0. The van der Waals surface area contributed by atoms with Crippen LogP contribution in [0.25, 0.3) is 0 Å². The molecule has 0 spiro atoms. The minimum Gasteiger partial charge on any atom is -0.476 e. The molecule has 2 aromatic rings. The second-order valence-corrected chi connectivity index (χ2v) is 5.71. The first kappa shape index (κ1) is 16.2. The standard InChI is InChI=1S/C14H15BrN4O3/c1-18(7-6-10-2-4-11(15)5-3-10)13(20)9-19-8-12(14(21)22)16-17-19/h2-5,8H,6-7,9H2,1H3,(H,21,22). The van der Waals surface area contributed by atoms with Crippen LogP contribution < -0.4 is 0 Å². The molecule has 116 valence electrons. The van der Waals surface area contributed by atoms with Gasteiger partial charge in [-0.25, -0.2) is 9.48 Å². The molecule has 0 bridgehead atoms. The molecule has 0 atom stereocenters. The second-order valence-electron chi connectivity index (χ2n) is 4.80. The van der Waals surface area contributed by atoms with E-state index in [0.717, 1.165) is 16.5 Å². The number of carboxylic acid groups (broad SMARTS) is 1. The molecular weight excluding hydrogens is 352 g/mol. The lowest BCUT2D eigenvalue weighted by Crippen LogP contribution is -2.32. The Morgan fingerprint density at radius 3 is 2.59 bits per heavy atom. The first-order valence-electron chi connectivity index (χ1n) is 6.57. The molecule has 0 aliphatic rings. The summed E-state index contributed by atoms with van der Waals surface area (Å²) < 4.78 is 2.24. The number of benzene rings is 1. The number of halogens is 1. The van der Waals surface area contributed by atoms with Crippen LogP contribution in [0.15, 0.2) is 34.9 Å². The number of hydrogen-bond donors (Lipinski definition) is 1. The molecule has 1 N–H and O–H groups in total. The van der Waals surface area contributed by atoms with Crippen molar-refractivity contribution in [2.24, 2.45) is 0 Å². The number of carbonyl (C=O) groups is 2. The van der Waals surface area contributed by atoms with E-state index in [4.69, 9.17) is 5.11 Å². The van der Waals surface area contributed by atoms with Crippen LogP contribution in [0.3, 0.4) is 0 Å². The molecule has 0 saturated heterocycles. The van der Waals surface area contributed by atoms with Gasteiger partial charge in [0.05, 0.1) is 6.20 Å². The highest BCUT2D eigenvalue weighted by atomic mass is 79.9. The van der Waals surface area contributed by atoms with Crippen molar-refractivity contribution in [3.05, 3.63) is 46.2 Å². The Hall–Kier alpha value is -2.22. The zero-order valence-corrected chi connectivity index (χ0v) is 13.5. The smallest absolute Gasteiger partial charge is 0.358 e. The first-order chi connectivity index (χ1) is 10.5. The first-order valence-corrected chi connectivity index (χ1v) is 7.37. The maximum Gasteiger partial charge on any atom is 0.358 e.